The summed E-state index contributed by atoms with van der Waals surface area (Å²) in [5, 5.41) is 8.83. The molecule has 0 heterocycles. The number of hydrogen-bond donors (Lipinski definition) is 0. The van der Waals surface area contributed by atoms with E-state index < -0.39 is 5.97 Å². The molecular weight excluding hydrogens is 194 g/mol. The zero-order chi connectivity index (χ0) is 11.4. The van der Waals surface area contributed by atoms with Gasteiger partial charge in [0.05, 0.1) is 18.2 Å². The second kappa shape index (κ2) is 4.38. The molecule has 0 saturated carbocycles. The van der Waals surface area contributed by atoms with E-state index in [1.54, 1.807) is 13.0 Å². The third-order valence-electron chi connectivity index (χ3n) is 2.00. The molecule has 0 aliphatic carbocycles. The SMILES string of the molecule is COC(=O)c1c(C)cc(C=O)cc1C#N. The fraction of sp³-hybridized carbons (Fsp3) is 0.182. The second-order valence-corrected chi connectivity index (χ2v) is 2.98. The van der Waals surface area contributed by atoms with Crippen molar-refractivity contribution in [2.24, 2.45) is 0 Å². The predicted octanol–water partition coefficient (Wildman–Crippen LogP) is 1.47. The average Bonchev–Trinajstić information content (AvgIpc) is 2.26. The Hall–Kier alpha value is -2.15. The van der Waals surface area contributed by atoms with E-state index >= 15 is 0 Å². The third-order valence-corrected chi connectivity index (χ3v) is 2.00. The molecule has 0 saturated heterocycles. The Kier molecular flexibility index (Phi) is 3.19. The first-order chi connectivity index (χ1) is 7.13. The highest BCUT2D eigenvalue weighted by Crippen LogP contribution is 2.16. The molecule has 15 heavy (non-hydrogen) atoms. The van der Waals surface area contributed by atoms with Gasteiger partial charge in [-0.15, -0.1) is 0 Å². The van der Waals surface area contributed by atoms with Crippen LogP contribution in [0.15, 0.2) is 12.1 Å². The molecule has 0 spiro atoms. The molecule has 0 fully saturated rings. The van der Waals surface area contributed by atoms with Gasteiger partial charge in [0.1, 0.15) is 12.4 Å². The van der Waals surface area contributed by atoms with Crippen molar-refractivity contribution in [1.29, 1.82) is 5.26 Å². The second-order valence-electron chi connectivity index (χ2n) is 2.98. The van der Waals surface area contributed by atoms with Crippen LogP contribution in [0, 0.1) is 18.3 Å². The van der Waals surface area contributed by atoms with Gasteiger partial charge in [0.2, 0.25) is 0 Å². The number of esters is 1. The minimum absolute atomic E-state index is 0.156. The van der Waals surface area contributed by atoms with Gasteiger partial charge in [-0.25, -0.2) is 4.79 Å². The summed E-state index contributed by atoms with van der Waals surface area (Å²) in [5.74, 6) is -0.568. The summed E-state index contributed by atoms with van der Waals surface area (Å²) in [6.45, 7) is 1.65. The third kappa shape index (κ3) is 2.02. The van der Waals surface area contributed by atoms with Gasteiger partial charge in [-0.05, 0) is 24.6 Å². The summed E-state index contributed by atoms with van der Waals surface area (Å²) in [7, 11) is 1.25. The van der Waals surface area contributed by atoms with Gasteiger partial charge >= 0.3 is 5.97 Å². The number of benzene rings is 1. The monoisotopic (exact) mass is 203 g/mol. The maximum absolute atomic E-state index is 11.4. The highest BCUT2D eigenvalue weighted by Gasteiger charge is 2.15. The van der Waals surface area contributed by atoms with Crippen LogP contribution in [0.4, 0.5) is 0 Å². The molecule has 1 aromatic rings. The molecule has 0 unspecified atom stereocenters. The van der Waals surface area contributed by atoms with Crippen LogP contribution in [0.2, 0.25) is 0 Å². The minimum atomic E-state index is -0.568. The van der Waals surface area contributed by atoms with E-state index in [1.165, 1.54) is 13.2 Å². The molecule has 0 amide bonds. The standard InChI is InChI=1S/C11H9NO3/c1-7-3-8(6-13)4-9(5-12)10(7)11(14)15-2/h3-4,6H,1-2H3. The number of aryl methyl sites for hydroxylation is 1. The first-order valence-corrected chi connectivity index (χ1v) is 4.22. The molecule has 0 atom stereocenters. The van der Waals surface area contributed by atoms with Crippen LogP contribution in [-0.2, 0) is 4.74 Å². The first kappa shape index (κ1) is 10.9. The van der Waals surface area contributed by atoms with Crippen molar-refractivity contribution in [3.05, 3.63) is 34.4 Å². The maximum Gasteiger partial charge on any atom is 0.339 e. The summed E-state index contributed by atoms with van der Waals surface area (Å²) in [4.78, 5) is 21.9. The lowest BCUT2D eigenvalue weighted by atomic mass is 9.99. The molecule has 4 nitrogen and oxygen atoms in total. The molecule has 1 rings (SSSR count). The van der Waals surface area contributed by atoms with Crippen LogP contribution >= 0.6 is 0 Å². The Labute approximate surface area is 87.1 Å². The van der Waals surface area contributed by atoms with E-state index in [2.05, 4.69) is 4.74 Å². The van der Waals surface area contributed by atoms with Crippen molar-refractivity contribution in [2.75, 3.05) is 7.11 Å². The Morgan fingerprint density at radius 3 is 2.67 bits per heavy atom. The van der Waals surface area contributed by atoms with Gasteiger partial charge in [0.15, 0.2) is 0 Å². The lowest BCUT2D eigenvalue weighted by Crippen LogP contribution is -2.07. The van der Waals surface area contributed by atoms with Crippen molar-refractivity contribution in [1.82, 2.24) is 0 Å². The Bertz CT molecular complexity index is 458. The van der Waals surface area contributed by atoms with Crippen molar-refractivity contribution in [2.45, 2.75) is 6.92 Å². The number of nitriles is 1. The molecule has 0 N–H and O–H groups in total. The number of carbonyl (C=O) groups is 2. The fourth-order valence-electron chi connectivity index (χ4n) is 1.34. The normalized spacial score (nSPS) is 9.13. The number of carbonyl (C=O) groups excluding carboxylic acids is 2. The maximum atomic E-state index is 11.4. The molecule has 0 aliphatic heterocycles. The highest BCUT2D eigenvalue weighted by molar-refractivity contribution is 5.95. The van der Waals surface area contributed by atoms with Crippen molar-refractivity contribution >= 4 is 12.3 Å². The molecular formula is C11H9NO3. The lowest BCUT2D eigenvalue weighted by molar-refractivity contribution is 0.0599. The van der Waals surface area contributed by atoms with E-state index in [9.17, 15) is 9.59 Å². The molecule has 0 aromatic heterocycles. The van der Waals surface area contributed by atoms with Crippen LogP contribution in [0.5, 0.6) is 0 Å². The molecule has 0 radical (unpaired) electrons. The van der Waals surface area contributed by atoms with Gasteiger partial charge in [-0.1, -0.05) is 0 Å². The zero-order valence-electron chi connectivity index (χ0n) is 8.40. The van der Waals surface area contributed by atoms with E-state index in [-0.39, 0.29) is 11.1 Å². The van der Waals surface area contributed by atoms with Crippen molar-refractivity contribution < 1.29 is 14.3 Å². The van der Waals surface area contributed by atoms with Gasteiger partial charge in [0, 0.05) is 5.56 Å². The van der Waals surface area contributed by atoms with Gasteiger partial charge in [0.25, 0.3) is 0 Å². The summed E-state index contributed by atoms with van der Waals surface area (Å²) < 4.78 is 4.55. The van der Waals surface area contributed by atoms with Gasteiger partial charge in [-0.3, -0.25) is 4.79 Å². The van der Waals surface area contributed by atoms with Crippen LogP contribution in [0.3, 0.4) is 0 Å². The molecule has 0 bridgehead atoms. The largest absolute Gasteiger partial charge is 0.465 e. The van der Waals surface area contributed by atoms with E-state index in [1.807, 2.05) is 6.07 Å². The minimum Gasteiger partial charge on any atom is -0.465 e. The van der Waals surface area contributed by atoms with Crippen molar-refractivity contribution in [3.8, 4) is 6.07 Å². The summed E-state index contributed by atoms with van der Waals surface area (Å²) in [6.07, 6.45) is 0.634. The highest BCUT2D eigenvalue weighted by atomic mass is 16.5. The van der Waals surface area contributed by atoms with Crippen LogP contribution < -0.4 is 0 Å². The topological polar surface area (TPSA) is 67.2 Å². The van der Waals surface area contributed by atoms with Gasteiger partial charge < -0.3 is 4.74 Å². The van der Waals surface area contributed by atoms with Crippen molar-refractivity contribution in [3.63, 3.8) is 0 Å². The first-order valence-electron chi connectivity index (χ1n) is 4.22. The number of nitrogens with zero attached hydrogens (tertiary/aromatic N) is 1. The molecule has 4 heteroatoms. The lowest BCUT2D eigenvalue weighted by Gasteiger charge is -2.06. The van der Waals surface area contributed by atoms with E-state index in [4.69, 9.17) is 5.26 Å². The van der Waals surface area contributed by atoms with Crippen LogP contribution in [0.1, 0.15) is 31.8 Å². The van der Waals surface area contributed by atoms with Gasteiger partial charge in [-0.2, -0.15) is 5.26 Å². The Balaban J connectivity index is 3.45. The van der Waals surface area contributed by atoms with Crippen LogP contribution in [0.25, 0.3) is 0 Å². The molecule has 1 aromatic carbocycles. The predicted molar refractivity (Wildman–Crippen MR) is 52.6 cm³/mol. The Morgan fingerprint density at radius 1 is 1.53 bits per heavy atom. The number of methoxy groups -OCH3 is 1. The van der Waals surface area contributed by atoms with E-state index in [0.717, 1.165) is 0 Å². The average molecular weight is 203 g/mol. The fourth-order valence-corrected chi connectivity index (χ4v) is 1.34. The number of aldehydes is 1. The smallest absolute Gasteiger partial charge is 0.339 e. The summed E-state index contributed by atoms with van der Waals surface area (Å²) in [5.41, 5.74) is 1.30. The summed E-state index contributed by atoms with van der Waals surface area (Å²) in [6, 6.07) is 4.78. The zero-order valence-corrected chi connectivity index (χ0v) is 8.40. The van der Waals surface area contributed by atoms with E-state index in [0.29, 0.717) is 17.4 Å². The van der Waals surface area contributed by atoms with Crippen LogP contribution in [-0.4, -0.2) is 19.4 Å². The molecule has 0 aliphatic rings. The quantitative estimate of drug-likeness (QED) is 0.539. The summed E-state index contributed by atoms with van der Waals surface area (Å²) >= 11 is 0. The number of ether oxygens (including phenoxy) is 1. The number of hydrogen-bond acceptors (Lipinski definition) is 4. The number of rotatable bonds is 2. The Morgan fingerprint density at radius 2 is 2.20 bits per heavy atom. The molecule has 76 valence electrons.